The van der Waals surface area contributed by atoms with E-state index in [0.29, 0.717) is 11.6 Å². The zero-order chi connectivity index (χ0) is 16.8. The highest BCUT2D eigenvalue weighted by Gasteiger charge is 2.12. The second-order valence-electron chi connectivity index (χ2n) is 4.44. The zero-order valence-electron chi connectivity index (χ0n) is 11.7. The lowest BCUT2D eigenvalue weighted by molar-refractivity contribution is -0.119. The normalized spacial score (nSPS) is 9.78. The standard InChI is InChI=1S/C16H10F2N2O3/c17-12-5-6-14(13(18)7-12)20-15(21)9-23-16(22)11-3-1-10(8-19)2-4-11/h1-7H,9H2,(H,20,21). The Morgan fingerprint density at radius 3 is 2.43 bits per heavy atom. The number of benzene rings is 2. The lowest BCUT2D eigenvalue weighted by Crippen LogP contribution is -2.21. The quantitative estimate of drug-likeness (QED) is 0.879. The van der Waals surface area contributed by atoms with E-state index in [0.717, 1.165) is 12.1 Å². The molecule has 0 unspecified atom stereocenters. The van der Waals surface area contributed by atoms with Crippen LogP contribution in [0.4, 0.5) is 14.5 Å². The minimum absolute atomic E-state index is 0.171. The van der Waals surface area contributed by atoms with Gasteiger partial charge in [-0.1, -0.05) is 0 Å². The smallest absolute Gasteiger partial charge is 0.338 e. The number of carbonyl (C=O) groups excluding carboxylic acids is 2. The molecule has 0 aromatic heterocycles. The number of nitrogens with one attached hydrogen (secondary N) is 1. The predicted octanol–water partition coefficient (Wildman–Crippen LogP) is 2.63. The molecule has 2 aromatic rings. The molecule has 1 amide bonds. The van der Waals surface area contributed by atoms with E-state index in [1.165, 1.54) is 24.3 Å². The lowest BCUT2D eigenvalue weighted by Gasteiger charge is -2.07. The lowest BCUT2D eigenvalue weighted by atomic mass is 10.1. The van der Waals surface area contributed by atoms with Gasteiger partial charge >= 0.3 is 5.97 Å². The largest absolute Gasteiger partial charge is 0.452 e. The Bertz CT molecular complexity index is 783. The summed E-state index contributed by atoms with van der Waals surface area (Å²) >= 11 is 0. The van der Waals surface area contributed by atoms with Crippen LogP contribution < -0.4 is 5.32 Å². The summed E-state index contributed by atoms with van der Waals surface area (Å²) in [5.74, 6) is -3.23. The summed E-state index contributed by atoms with van der Waals surface area (Å²) in [6, 6.07) is 10.2. The molecule has 0 bridgehead atoms. The Balaban J connectivity index is 1.90. The monoisotopic (exact) mass is 316 g/mol. The number of amides is 1. The topological polar surface area (TPSA) is 79.2 Å². The summed E-state index contributed by atoms with van der Waals surface area (Å²) < 4.78 is 30.9. The van der Waals surface area contributed by atoms with Crippen LogP contribution in [0.15, 0.2) is 42.5 Å². The van der Waals surface area contributed by atoms with Gasteiger partial charge in [0, 0.05) is 6.07 Å². The zero-order valence-corrected chi connectivity index (χ0v) is 11.7. The number of carbonyl (C=O) groups is 2. The summed E-state index contributed by atoms with van der Waals surface area (Å²) in [5, 5.41) is 10.8. The van der Waals surface area contributed by atoms with Crippen molar-refractivity contribution in [3.63, 3.8) is 0 Å². The van der Waals surface area contributed by atoms with Gasteiger partial charge in [-0.25, -0.2) is 13.6 Å². The highest BCUT2D eigenvalue weighted by Crippen LogP contribution is 2.14. The molecule has 0 spiro atoms. The number of hydrogen-bond donors (Lipinski definition) is 1. The summed E-state index contributed by atoms with van der Waals surface area (Å²) in [6.07, 6.45) is 0. The van der Waals surface area contributed by atoms with Crippen LogP contribution >= 0.6 is 0 Å². The molecule has 0 heterocycles. The Kier molecular flexibility index (Phi) is 5.00. The van der Waals surface area contributed by atoms with Gasteiger partial charge in [0.1, 0.15) is 11.6 Å². The van der Waals surface area contributed by atoms with E-state index < -0.39 is 30.1 Å². The molecule has 2 rings (SSSR count). The number of nitriles is 1. The maximum absolute atomic E-state index is 13.4. The van der Waals surface area contributed by atoms with Crippen LogP contribution in [0.25, 0.3) is 0 Å². The molecule has 0 aliphatic carbocycles. The van der Waals surface area contributed by atoms with Crippen LogP contribution in [0.1, 0.15) is 15.9 Å². The van der Waals surface area contributed by atoms with Gasteiger partial charge in [-0.15, -0.1) is 0 Å². The van der Waals surface area contributed by atoms with Gasteiger partial charge in [0.2, 0.25) is 0 Å². The van der Waals surface area contributed by atoms with E-state index >= 15 is 0 Å². The molecule has 116 valence electrons. The van der Waals surface area contributed by atoms with Crippen molar-refractivity contribution in [2.24, 2.45) is 0 Å². The highest BCUT2D eigenvalue weighted by atomic mass is 19.1. The summed E-state index contributed by atoms with van der Waals surface area (Å²) in [7, 11) is 0. The van der Waals surface area contributed by atoms with E-state index in [1.807, 2.05) is 6.07 Å². The SMILES string of the molecule is N#Cc1ccc(C(=O)OCC(=O)Nc2ccc(F)cc2F)cc1. The third-order valence-corrected chi connectivity index (χ3v) is 2.79. The first kappa shape index (κ1) is 16.1. The minimum Gasteiger partial charge on any atom is -0.452 e. The van der Waals surface area contributed by atoms with Crippen molar-refractivity contribution in [1.29, 1.82) is 5.26 Å². The third-order valence-electron chi connectivity index (χ3n) is 2.79. The fourth-order valence-electron chi connectivity index (χ4n) is 1.67. The highest BCUT2D eigenvalue weighted by molar-refractivity contribution is 5.95. The van der Waals surface area contributed by atoms with Crippen LogP contribution in [0, 0.1) is 23.0 Å². The van der Waals surface area contributed by atoms with Gasteiger partial charge in [-0.2, -0.15) is 5.26 Å². The summed E-state index contributed by atoms with van der Waals surface area (Å²) in [4.78, 5) is 23.3. The van der Waals surface area contributed by atoms with Crippen LogP contribution in [-0.2, 0) is 9.53 Å². The predicted molar refractivity (Wildman–Crippen MR) is 76.4 cm³/mol. The van der Waals surface area contributed by atoms with Crippen molar-refractivity contribution in [2.45, 2.75) is 0 Å². The number of halogens is 2. The van der Waals surface area contributed by atoms with E-state index in [9.17, 15) is 18.4 Å². The number of nitrogens with zero attached hydrogens (tertiary/aromatic N) is 1. The van der Waals surface area contributed by atoms with Crippen molar-refractivity contribution in [1.82, 2.24) is 0 Å². The van der Waals surface area contributed by atoms with Gasteiger partial charge < -0.3 is 10.1 Å². The molecule has 0 radical (unpaired) electrons. The molecule has 2 aromatic carbocycles. The molecule has 23 heavy (non-hydrogen) atoms. The Morgan fingerprint density at radius 1 is 1.13 bits per heavy atom. The number of rotatable bonds is 4. The third kappa shape index (κ3) is 4.35. The number of anilines is 1. The first-order valence-corrected chi connectivity index (χ1v) is 6.42. The molecule has 1 N–H and O–H groups in total. The first-order valence-electron chi connectivity index (χ1n) is 6.42. The van der Waals surface area contributed by atoms with Crippen molar-refractivity contribution in [3.8, 4) is 6.07 Å². The van der Waals surface area contributed by atoms with Crippen molar-refractivity contribution in [2.75, 3.05) is 11.9 Å². The Labute approximate surface area is 130 Å². The first-order chi connectivity index (χ1) is 11.0. The van der Waals surface area contributed by atoms with Crippen LogP contribution in [0.2, 0.25) is 0 Å². The number of ether oxygens (including phenoxy) is 1. The average Bonchev–Trinajstić information content (AvgIpc) is 2.55. The van der Waals surface area contributed by atoms with Gasteiger partial charge in [-0.3, -0.25) is 4.79 Å². The van der Waals surface area contributed by atoms with Crippen molar-refractivity contribution >= 4 is 17.6 Å². The molecule has 0 saturated carbocycles. The summed E-state index contributed by atoms with van der Waals surface area (Å²) in [6.45, 7) is -0.629. The molecule has 0 atom stereocenters. The van der Waals surface area contributed by atoms with Gasteiger partial charge in [0.05, 0.1) is 22.9 Å². The maximum Gasteiger partial charge on any atom is 0.338 e. The molecular formula is C16H10F2N2O3. The fourth-order valence-corrected chi connectivity index (χ4v) is 1.67. The van der Waals surface area contributed by atoms with E-state index in [1.54, 1.807) is 0 Å². The van der Waals surface area contributed by atoms with Crippen LogP contribution in [0.3, 0.4) is 0 Å². The molecule has 0 saturated heterocycles. The average molecular weight is 316 g/mol. The van der Waals surface area contributed by atoms with Crippen molar-refractivity contribution < 1.29 is 23.1 Å². The van der Waals surface area contributed by atoms with Gasteiger partial charge in [0.15, 0.2) is 6.61 Å². The molecule has 0 aliphatic heterocycles. The number of esters is 1. The van der Waals surface area contributed by atoms with Crippen LogP contribution in [0.5, 0.6) is 0 Å². The van der Waals surface area contributed by atoms with Gasteiger partial charge in [-0.05, 0) is 36.4 Å². The van der Waals surface area contributed by atoms with Crippen LogP contribution in [-0.4, -0.2) is 18.5 Å². The maximum atomic E-state index is 13.4. The Hall–Kier alpha value is -3.27. The van der Waals surface area contributed by atoms with E-state index in [4.69, 9.17) is 10.00 Å². The Morgan fingerprint density at radius 2 is 1.83 bits per heavy atom. The van der Waals surface area contributed by atoms with E-state index in [-0.39, 0.29) is 11.3 Å². The minimum atomic E-state index is -0.934. The molecule has 7 heteroatoms. The molecular weight excluding hydrogens is 306 g/mol. The van der Waals surface area contributed by atoms with Crippen molar-refractivity contribution in [3.05, 3.63) is 65.2 Å². The van der Waals surface area contributed by atoms with E-state index in [2.05, 4.69) is 5.32 Å². The molecule has 0 fully saturated rings. The van der Waals surface area contributed by atoms with Gasteiger partial charge in [0.25, 0.3) is 5.91 Å². The molecule has 5 nitrogen and oxygen atoms in total. The number of hydrogen-bond acceptors (Lipinski definition) is 4. The second-order valence-corrected chi connectivity index (χ2v) is 4.44. The molecule has 0 aliphatic rings. The summed E-state index contributed by atoms with van der Waals surface area (Å²) in [5.41, 5.74) is 0.335. The second kappa shape index (κ2) is 7.13. The fraction of sp³-hybridized carbons (Fsp3) is 0.0625.